The average Bonchev–Trinajstić information content (AvgIpc) is 2.24. The minimum atomic E-state index is -0.0960. The van der Waals surface area contributed by atoms with Crippen molar-refractivity contribution >= 4 is 21.7 Å². The highest BCUT2D eigenvalue weighted by molar-refractivity contribution is 9.10. The summed E-state index contributed by atoms with van der Waals surface area (Å²) in [7, 11) is 1.71. The zero-order valence-electron chi connectivity index (χ0n) is 9.94. The van der Waals surface area contributed by atoms with Crippen molar-refractivity contribution in [3.8, 4) is 5.75 Å². The van der Waals surface area contributed by atoms with E-state index in [1.165, 1.54) is 0 Å². The highest BCUT2D eigenvalue weighted by Gasteiger charge is 2.20. The van der Waals surface area contributed by atoms with Crippen LogP contribution in [0.15, 0.2) is 4.47 Å². The second-order valence-corrected chi connectivity index (χ2v) is 4.66. The number of benzene rings is 1. The van der Waals surface area contributed by atoms with Crippen LogP contribution in [0.2, 0.25) is 0 Å². The summed E-state index contributed by atoms with van der Waals surface area (Å²) >= 11 is 3.45. The number of phenolic OH excluding ortho intramolecular Hbond substituents is 1. The molecule has 0 heterocycles. The first-order valence-corrected chi connectivity index (χ1v) is 5.87. The van der Waals surface area contributed by atoms with E-state index in [1.54, 1.807) is 7.05 Å². The van der Waals surface area contributed by atoms with E-state index in [4.69, 9.17) is 0 Å². The Hall–Kier alpha value is -0.870. The lowest BCUT2D eigenvalue weighted by molar-refractivity contribution is 0.0990. The van der Waals surface area contributed by atoms with Crippen molar-refractivity contribution < 1.29 is 9.90 Å². The van der Waals surface area contributed by atoms with E-state index < -0.39 is 0 Å². The van der Waals surface area contributed by atoms with E-state index in [-0.39, 0.29) is 18.1 Å². The smallest absolute Gasteiger partial charge is 0.180 e. The highest BCUT2D eigenvalue weighted by atomic mass is 79.9. The predicted molar refractivity (Wildman–Crippen MR) is 68.3 cm³/mol. The second-order valence-electron chi connectivity index (χ2n) is 3.87. The van der Waals surface area contributed by atoms with E-state index in [2.05, 4.69) is 21.2 Å². The van der Waals surface area contributed by atoms with E-state index in [9.17, 15) is 9.90 Å². The average molecular weight is 286 g/mol. The zero-order valence-corrected chi connectivity index (χ0v) is 11.5. The maximum Gasteiger partial charge on any atom is 0.180 e. The number of likely N-dealkylation sites (N-methyl/N-ethyl adjacent to an activating group) is 1. The summed E-state index contributed by atoms with van der Waals surface area (Å²) in [5.74, 6) is -0.000231. The Morgan fingerprint density at radius 2 is 1.81 bits per heavy atom. The van der Waals surface area contributed by atoms with Crippen molar-refractivity contribution in [1.29, 1.82) is 0 Å². The number of ketones is 1. The number of rotatable bonds is 3. The van der Waals surface area contributed by atoms with E-state index in [0.29, 0.717) is 5.56 Å². The molecule has 0 atom stereocenters. The lowest BCUT2D eigenvalue weighted by Crippen LogP contribution is -2.20. The molecule has 0 aliphatic rings. The van der Waals surface area contributed by atoms with Crippen molar-refractivity contribution in [1.82, 2.24) is 5.32 Å². The van der Waals surface area contributed by atoms with E-state index in [0.717, 1.165) is 21.2 Å². The summed E-state index contributed by atoms with van der Waals surface area (Å²) in [5, 5.41) is 12.8. The first-order chi connectivity index (χ1) is 7.41. The Kier molecular flexibility index (Phi) is 4.10. The first-order valence-electron chi connectivity index (χ1n) is 5.07. The Morgan fingerprint density at radius 1 is 1.25 bits per heavy atom. The molecule has 4 heteroatoms. The van der Waals surface area contributed by atoms with Crippen LogP contribution in [-0.4, -0.2) is 24.5 Å². The summed E-state index contributed by atoms with van der Waals surface area (Å²) in [4.78, 5) is 11.9. The number of Topliss-reactive ketones (excluding diaryl/α,β-unsaturated/α-hetero) is 1. The number of hydrogen-bond donors (Lipinski definition) is 2. The van der Waals surface area contributed by atoms with Crippen LogP contribution in [0.25, 0.3) is 0 Å². The van der Waals surface area contributed by atoms with Gasteiger partial charge in [0, 0.05) is 4.47 Å². The molecule has 0 radical (unpaired) electrons. The van der Waals surface area contributed by atoms with Gasteiger partial charge in [-0.3, -0.25) is 4.79 Å². The molecule has 3 nitrogen and oxygen atoms in total. The molecular formula is C12H16BrNO2. The fourth-order valence-electron chi connectivity index (χ4n) is 1.69. The van der Waals surface area contributed by atoms with Gasteiger partial charge in [-0.15, -0.1) is 0 Å². The van der Waals surface area contributed by atoms with Crippen molar-refractivity contribution in [3.05, 3.63) is 26.7 Å². The minimum Gasteiger partial charge on any atom is -0.507 e. The molecule has 0 aliphatic carbocycles. The molecule has 0 bridgehead atoms. The number of phenols is 1. The van der Waals surface area contributed by atoms with Crippen LogP contribution in [0.1, 0.15) is 27.0 Å². The van der Waals surface area contributed by atoms with Gasteiger partial charge in [-0.25, -0.2) is 0 Å². The summed E-state index contributed by atoms with van der Waals surface area (Å²) in [6.07, 6.45) is 0. The molecule has 0 aliphatic heterocycles. The molecule has 1 aromatic carbocycles. The fourth-order valence-corrected chi connectivity index (χ4v) is 2.18. The normalized spacial score (nSPS) is 10.6. The number of aromatic hydroxyl groups is 1. The first kappa shape index (κ1) is 13.2. The third-order valence-electron chi connectivity index (χ3n) is 2.80. The molecule has 0 saturated heterocycles. The Bertz CT molecular complexity index is 412. The SMILES string of the molecule is CNCC(=O)c1c(C)c(Br)c(C)c(C)c1O. The van der Waals surface area contributed by atoms with Gasteiger partial charge in [-0.05, 0) is 44.5 Å². The molecule has 16 heavy (non-hydrogen) atoms. The Morgan fingerprint density at radius 3 is 2.31 bits per heavy atom. The molecule has 88 valence electrons. The predicted octanol–water partition coefficient (Wildman–Crippen LogP) is 2.48. The summed E-state index contributed by atoms with van der Waals surface area (Å²) in [6.45, 7) is 5.78. The Labute approximate surface area is 104 Å². The lowest BCUT2D eigenvalue weighted by atomic mass is 9.96. The van der Waals surface area contributed by atoms with E-state index >= 15 is 0 Å². The molecule has 0 unspecified atom stereocenters. The van der Waals surface area contributed by atoms with Crippen LogP contribution < -0.4 is 5.32 Å². The third kappa shape index (κ3) is 2.13. The molecule has 2 N–H and O–H groups in total. The molecular weight excluding hydrogens is 270 g/mol. The number of carbonyl (C=O) groups is 1. The van der Waals surface area contributed by atoms with Crippen LogP contribution in [0.4, 0.5) is 0 Å². The molecule has 0 aromatic heterocycles. The number of hydrogen-bond acceptors (Lipinski definition) is 3. The number of nitrogens with one attached hydrogen (secondary N) is 1. The van der Waals surface area contributed by atoms with Gasteiger partial charge in [0.15, 0.2) is 5.78 Å². The van der Waals surface area contributed by atoms with Gasteiger partial charge in [0.25, 0.3) is 0 Å². The Balaban J connectivity index is 3.45. The van der Waals surface area contributed by atoms with Crippen LogP contribution in [0.5, 0.6) is 5.75 Å². The lowest BCUT2D eigenvalue weighted by Gasteiger charge is -2.15. The van der Waals surface area contributed by atoms with Crippen molar-refractivity contribution in [2.24, 2.45) is 0 Å². The highest BCUT2D eigenvalue weighted by Crippen LogP contribution is 2.35. The van der Waals surface area contributed by atoms with Gasteiger partial charge in [0.2, 0.25) is 0 Å². The van der Waals surface area contributed by atoms with Crippen molar-refractivity contribution in [3.63, 3.8) is 0 Å². The number of halogens is 1. The van der Waals surface area contributed by atoms with Crippen LogP contribution in [0.3, 0.4) is 0 Å². The van der Waals surface area contributed by atoms with Crippen LogP contribution >= 0.6 is 15.9 Å². The maximum atomic E-state index is 11.9. The summed E-state index contributed by atoms with van der Waals surface area (Å²) < 4.78 is 0.891. The molecule has 0 fully saturated rings. The quantitative estimate of drug-likeness (QED) is 0.839. The molecule has 1 rings (SSSR count). The van der Waals surface area contributed by atoms with Gasteiger partial charge in [-0.1, -0.05) is 15.9 Å². The van der Waals surface area contributed by atoms with Crippen LogP contribution in [-0.2, 0) is 0 Å². The summed E-state index contributed by atoms with van der Waals surface area (Å²) in [6, 6.07) is 0. The van der Waals surface area contributed by atoms with E-state index in [1.807, 2.05) is 20.8 Å². The standard InChI is InChI=1S/C12H16BrNO2/c1-6-7(2)12(16)10(8(3)11(6)13)9(15)5-14-4/h14,16H,5H2,1-4H3. The van der Waals surface area contributed by atoms with Crippen molar-refractivity contribution in [2.75, 3.05) is 13.6 Å². The van der Waals surface area contributed by atoms with Gasteiger partial charge in [-0.2, -0.15) is 0 Å². The number of carbonyl (C=O) groups excluding carboxylic acids is 1. The maximum absolute atomic E-state index is 11.9. The molecule has 0 amide bonds. The molecule has 1 aromatic rings. The van der Waals surface area contributed by atoms with Gasteiger partial charge in [0.1, 0.15) is 5.75 Å². The summed E-state index contributed by atoms with van der Waals surface area (Å²) in [5.41, 5.74) is 2.91. The van der Waals surface area contributed by atoms with Gasteiger partial charge in [0.05, 0.1) is 12.1 Å². The zero-order chi connectivity index (χ0) is 12.5. The van der Waals surface area contributed by atoms with Gasteiger partial charge >= 0.3 is 0 Å². The third-order valence-corrected chi connectivity index (χ3v) is 3.99. The van der Waals surface area contributed by atoms with Gasteiger partial charge < -0.3 is 10.4 Å². The topological polar surface area (TPSA) is 49.3 Å². The molecule has 0 spiro atoms. The molecule has 0 saturated carbocycles. The largest absolute Gasteiger partial charge is 0.507 e. The minimum absolute atomic E-state index is 0.0958. The van der Waals surface area contributed by atoms with Crippen molar-refractivity contribution in [2.45, 2.75) is 20.8 Å². The van der Waals surface area contributed by atoms with Crippen LogP contribution in [0, 0.1) is 20.8 Å². The monoisotopic (exact) mass is 285 g/mol. The fraction of sp³-hybridized carbons (Fsp3) is 0.417. The second kappa shape index (κ2) is 4.97.